The Kier molecular flexibility index (Phi) is 4.81. The van der Waals surface area contributed by atoms with Crippen LogP contribution in [0, 0.1) is 11.6 Å². The summed E-state index contributed by atoms with van der Waals surface area (Å²) < 4.78 is 33.3. The molecule has 0 fully saturated rings. The van der Waals surface area contributed by atoms with Crippen molar-refractivity contribution in [3.05, 3.63) is 77.1 Å². The van der Waals surface area contributed by atoms with Crippen molar-refractivity contribution in [2.45, 2.75) is 19.5 Å². The highest BCUT2D eigenvalue weighted by Gasteiger charge is 2.22. The van der Waals surface area contributed by atoms with Crippen LogP contribution in [0.5, 0.6) is 5.75 Å². The van der Waals surface area contributed by atoms with Crippen molar-refractivity contribution in [1.29, 1.82) is 0 Å². The van der Waals surface area contributed by atoms with Gasteiger partial charge in [0.25, 0.3) is 0 Å². The highest BCUT2D eigenvalue weighted by molar-refractivity contribution is 5.54. The Morgan fingerprint density at radius 3 is 2.56 bits per heavy atom. The van der Waals surface area contributed by atoms with E-state index in [1.165, 1.54) is 19.2 Å². The fraction of sp³-hybridized carbons (Fsp3) is 0.238. The van der Waals surface area contributed by atoms with Crippen molar-refractivity contribution < 1.29 is 13.5 Å². The number of methoxy groups -OCH3 is 1. The lowest BCUT2D eigenvalue weighted by molar-refractivity contribution is 0.235. The maximum Gasteiger partial charge on any atom is 0.159 e. The minimum Gasteiger partial charge on any atom is -0.497 e. The van der Waals surface area contributed by atoms with Gasteiger partial charge in [-0.2, -0.15) is 0 Å². The van der Waals surface area contributed by atoms with E-state index in [2.05, 4.69) is 9.97 Å². The minimum absolute atomic E-state index is 0.0566. The average Bonchev–Trinajstić information content (AvgIpc) is 2.70. The molecule has 0 N–H and O–H groups in total. The Labute approximate surface area is 156 Å². The van der Waals surface area contributed by atoms with Crippen LogP contribution in [0.15, 0.2) is 48.7 Å². The molecule has 3 aromatic rings. The van der Waals surface area contributed by atoms with Gasteiger partial charge in [-0.25, -0.2) is 18.7 Å². The summed E-state index contributed by atoms with van der Waals surface area (Å²) in [7, 11) is 1.39. The average molecular weight is 367 g/mol. The van der Waals surface area contributed by atoms with Crippen molar-refractivity contribution >= 4 is 0 Å². The number of nitrogens with zero attached hydrogens (tertiary/aromatic N) is 3. The van der Waals surface area contributed by atoms with Crippen LogP contribution in [0.4, 0.5) is 8.78 Å². The van der Waals surface area contributed by atoms with E-state index in [0.717, 1.165) is 23.2 Å². The van der Waals surface area contributed by atoms with Crippen LogP contribution < -0.4 is 4.74 Å². The normalized spacial score (nSPS) is 14.0. The number of aromatic nitrogens is 2. The lowest BCUT2D eigenvalue weighted by Crippen LogP contribution is -2.31. The largest absolute Gasteiger partial charge is 0.497 e. The summed E-state index contributed by atoms with van der Waals surface area (Å²) in [6.07, 6.45) is 2.54. The molecule has 4 rings (SSSR count). The zero-order valence-electron chi connectivity index (χ0n) is 15.0. The van der Waals surface area contributed by atoms with Crippen molar-refractivity contribution in [2.24, 2.45) is 0 Å². The number of ether oxygens (including phenoxy) is 1. The fourth-order valence-corrected chi connectivity index (χ4v) is 3.31. The van der Waals surface area contributed by atoms with Crippen LogP contribution in [0.25, 0.3) is 11.4 Å². The summed E-state index contributed by atoms with van der Waals surface area (Å²) >= 11 is 0. The van der Waals surface area contributed by atoms with Gasteiger partial charge in [-0.15, -0.1) is 0 Å². The van der Waals surface area contributed by atoms with E-state index in [1.54, 1.807) is 0 Å². The highest BCUT2D eigenvalue weighted by Crippen LogP contribution is 2.25. The molecule has 6 heteroatoms. The van der Waals surface area contributed by atoms with Gasteiger partial charge in [0.1, 0.15) is 17.4 Å². The number of benzene rings is 2. The standard InChI is InChI=1S/C21H19F2N3O/c1-27-16-9-18(22)17(19(23)10-16)13-26-8-7-20-15(12-26)11-24-21(25-20)14-5-3-2-4-6-14/h2-6,9-11H,7-8,12-13H2,1H3. The molecule has 0 bridgehead atoms. The SMILES string of the molecule is COc1cc(F)c(CN2CCc3nc(-c4ccccc4)ncc3C2)c(F)c1. The summed E-state index contributed by atoms with van der Waals surface area (Å²) in [5.74, 6) is -0.295. The zero-order valence-corrected chi connectivity index (χ0v) is 15.0. The maximum atomic E-state index is 14.2. The maximum absolute atomic E-state index is 14.2. The van der Waals surface area contributed by atoms with E-state index in [-0.39, 0.29) is 17.9 Å². The molecule has 0 saturated carbocycles. The van der Waals surface area contributed by atoms with Crippen LogP contribution >= 0.6 is 0 Å². The van der Waals surface area contributed by atoms with Gasteiger partial charge in [0, 0.05) is 61.1 Å². The molecule has 0 amide bonds. The van der Waals surface area contributed by atoms with Gasteiger partial charge in [0.05, 0.1) is 12.8 Å². The van der Waals surface area contributed by atoms with Crippen LogP contribution in [-0.2, 0) is 19.5 Å². The van der Waals surface area contributed by atoms with Gasteiger partial charge in [0.15, 0.2) is 5.82 Å². The second-order valence-corrected chi connectivity index (χ2v) is 6.56. The quantitative estimate of drug-likeness (QED) is 0.699. The molecule has 0 saturated heterocycles. The molecule has 1 aliphatic heterocycles. The molecule has 0 unspecified atom stereocenters. The molecule has 0 atom stereocenters. The first-order valence-corrected chi connectivity index (χ1v) is 8.78. The van der Waals surface area contributed by atoms with E-state index in [1.807, 2.05) is 41.4 Å². The summed E-state index contributed by atoms with van der Waals surface area (Å²) in [5.41, 5.74) is 3.03. The van der Waals surface area contributed by atoms with Crippen LogP contribution in [0.2, 0.25) is 0 Å². The van der Waals surface area contributed by atoms with Crippen LogP contribution in [0.1, 0.15) is 16.8 Å². The number of hydrogen-bond acceptors (Lipinski definition) is 4. The highest BCUT2D eigenvalue weighted by atomic mass is 19.1. The molecule has 0 spiro atoms. The zero-order chi connectivity index (χ0) is 18.8. The van der Waals surface area contributed by atoms with E-state index >= 15 is 0 Å². The van der Waals surface area contributed by atoms with Gasteiger partial charge >= 0.3 is 0 Å². The first kappa shape index (κ1) is 17.5. The Morgan fingerprint density at radius 2 is 1.85 bits per heavy atom. The monoisotopic (exact) mass is 367 g/mol. The van der Waals surface area contributed by atoms with Gasteiger partial charge in [-0.3, -0.25) is 4.90 Å². The Bertz CT molecular complexity index is 940. The molecule has 0 aliphatic carbocycles. The first-order valence-electron chi connectivity index (χ1n) is 8.78. The second kappa shape index (κ2) is 7.40. The van der Waals surface area contributed by atoms with Gasteiger partial charge < -0.3 is 4.74 Å². The van der Waals surface area contributed by atoms with Gasteiger partial charge in [-0.1, -0.05) is 30.3 Å². The second-order valence-electron chi connectivity index (χ2n) is 6.56. The molecule has 1 aliphatic rings. The molecular weight excluding hydrogens is 348 g/mol. The molecule has 138 valence electrons. The van der Waals surface area contributed by atoms with Crippen molar-refractivity contribution in [3.63, 3.8) is 0 Å². The van der Waals surface area contributed by atoms with E-state index < -0.39 is 11.6 Å². The molecule has 2 heterocycles. The predicted molar refractivity (Wildman–Crippen MR) is 98.2 cm³/mol. The molecular formula is C21H19F2N3O. The Balaban J connectivity index is 1.53. The van der Waals surface area contributed by atoms with Crippen molar-refractivity contribution in [2.75, 3.05) is 13.7 Å². The van der Waals surface area contributed by atoms with Gasteiger partial charge in [0.2, 0.25) is 0 Å². The summed E-state index contributed by atoms with van der Waals surface area (Å²) in [5, 5.41) is 0. The van der Waals surface area contributed by atoms with Crippen molar-refractivity contribution in [1.82, 2.24) is 14.9 Å². The Morgan fingerprint density at radius 1 is 1.11 bits per heavy atom. The third kappa shape index (κ3) is 3.66. The lowest BCUT2D eigenvalue weighted by atomic mass is 10.1. The van der Waals surface area contributed by atoms with Crippen LogP contribution in [0.3, 0.4) is 0 Å². The molecule has 27 heavy (non-hydrogen) atoms. The van der Waals surface area contributed by atoms with E-state index in [4.69, 9.17) is 4.74 Å². The minimum atomic E-state index is -0.590. The predicted octanol–water partition coefficient (Wildman–Crippen LogP) is 3.99. The van der Waals surface area contributed by atoms with Gasteiger partial charge in [-0.05, 0) is 0 Å². The smallest absolute Gasteiger partial charge is 0.159 e. The molecule has 1 aromatic heterocycles. The number of fused-ring (bicyclic) bond motifs is 1. The summed E-state index contributed by atoms with van der Waals surface area (Å²) in [6, 6.07) is 12.3. The number of rotatable bonds is 4. The van der Waals surface area contributed by atoms with E-state index in [9.17, 15) is 8.78 Å². The summed E-state index contributed by atoms with van der Waals surface area (Å²) in [6.45, 7) is 1.44. The van der Waals surface area contributed by atoms with E-state index in [0.29, 0.717) is 18.9 Å². The molecule has 4 nitrogen and oxygen atoms in total. The topological polar surface area (TPSA) is 38.2 Å². The third-order valence-electron chi connectivity index (χ3n) is 4.78. The number of hydrogen-bond donors (Lipinski definition) is 0. The summed E-state index contributed by atoms with van der Waals surface area (Å²) in [4.78, 5) is 11.1. The molecule has 0 radical (unpaired) electrons. The first-order chi connectivity index (χ1) is 13.1. The van der Waals surface area contributed by atoms with Crippen LogP contribution in [-0.4, -0.2) is 28.5 Å². The number of halogens is 2. The molecule has 2 aromatic carbocycles. The lowest BCUT2D eigenvalue weighted by Gasteiger charge is -2.28. The van der Waals surface area contributed by atoms with Crippen molar-refractivity contribution in [3.8, 4) is 17.1 Å². The fourth-order valence-electron chi connectivity index (χ4n) is 3.31. The third-order valence-corrected chi connectivity index (χ3v) is 4.78. The Hall–Kier alpha value is -2.86.